The van der Waals surface area contributed by atoms with Crippen molar-refractivity contribution >= 4 is 23.4 Å². The van der Waals surface area contributed by atoms with Gasteiger partial charge in [-0.25, -0.2) is 0 Å². The second-order valence-electron chi connectivity index (χ2n) is 3.99. The quantitative estimate of drug-likeness (QED) is 0.634. The van der Waals surface area contributed by atoms with Gasteiger partial charge >= 0.3 is 0 Å². The van der Waals surface area contributed by atoms with E-state index in [4.69, 9.17) is 10.5 Å². The van der Waals surface area contributed by atoms with Crippen LogP contribution in [0.1, 0.15) is 16.8 Å². The Bertz CT molecular complexity index is 410. The fraction of sp³-hybridized carbons (Fsp3) is 0.462. The summed E-state index contributed by atoms with van der Waals surface area (Å²) in [5.74, 6) is 1.52. The number of benzene rings is 1. The van der Waals surface area contributed by atoms with E-state index in [1.807, 2.05) is 0 Å². The van der Waals surface area contributed by atoms with Crippen molar-refractivity contribution in [2.45, 2.75) is 6.42 Å². The highest BCUT2D eigenvalue weighted by molar-refractivity contribution is 7.98. The number of nitrogen functional groups attached to an aromatic ring is 1. The van der Waals surface area contributed by atoms with Crippen LogP contribution in [0.5, 0.6) is 5.75 Å². The molecular formula is C13H20N2O2S. The molecule has 0 spiro atoms. The van der Waals surface area contributed by atoms with E-state index in [0.717, 1.165) is 18.7 Å². The van der Waals surface area contributed by atoms with Crippen molar-refractivity contribution in [3.63, 3.8) is 0 Å². The lowest BCUT2D eigenvalue weighted by molar-refractivity contribution is 0.0796. The molecule has 100 valence electrons. The average molecular weight is 268 g/mol. The summed E-state index contributed by atoms with van der Waals surface area (Å²) in [6.45, 7) is 0.732. The van der Waals surface area contributed by atoms with Crippen molar-refractivity contribution in [3.8, 4) is 5.75 Å². The van der Waals surface area contributed by atoms with Gasteiger partial charge in [0.1, 0.15) is 5.75 Å². The minimum atomic E-state index is -0.0625. The number of carbonyl (C=O) groups excluding carboxylic acids is 1. The molecule has 2 N–H and O–H groups in total. The van der Waals surface area contributed by atoms with Gasteiger partial charge in [-0.1, -0.05) is 6.07 Å². The molecule has 0 saturated carbocycles. The summed E-state index contributed by atoms with van der Waals surface area (Å²) in [6.07, 6.45) is 3.04. The van der Waals surface area contributed by atoms with Crippen LogP contribution < -0.4 is 10.5 Å². The highest BCUT2D eigenvalue weighted by atomic mass is 32.2. The van der Waals surface area contributed by atoms with E-state index in [2.05, 4.69) is 6.26 Å². The fourth-order valence-electron chi connectivity index (χ4n) is 1.66. The van der Waals surface area contributed by atoms with Gasteiger partial charge < -0.3 is 15.4 Å². The number of nitrogens with two attached hydrogens (primary N) is 1. The first-order chi connectivity index (χ1) is 8.61. The number of para-hydroxylation sites is 1. The molecule has 4 nitrogen and oxygen atoms in total. The number of methoxy groups -OCH3 is 1. The van der Waals surface area contributed by atoms with Gasteiger partial charge in [0, 0.05) is 13.6 Å². The molecule has 1 aromatic carbocycles. The van der Waals surface area contributed by atoms with Crippen LogP contribution in [-0.4, -0.2) is 43.5 Å². The highest BCUT2D eigenvalue weighted by Gasteiger charge is 2.16. The molecule has 0 aromatic heterocycles. The van der Waals surface area contributed by atoms with Crippen LogP contribution in [0.3, 0.4) is 0 Å². The second kappa shape index (κ2) is 7.16. The molecular weight excluding hydrogens is 248 g/mol. The topological polar surface area (TPSA) is 55.6 Å². The summed E-state index contributed by atoms with van der Waals surface area (Å²) < 4.78 is 5.11. The van der Waals surface area contributed by atoms with Crippen LogP contribution in [0.25, 0.3) is 0 Å². The van der Waals surface area contributed by atoms with E-state index >= 15 is 0 Å². The summed E-state index contributed by atoms with van der Waals surface area (Å²) in [5, 5.41) is 0. The normalized spacial score (nSPS) is 10.2. The molecule has 0 saturated heterocycles. The van der Waals surface area contributed by atoms with Crippen molar-refractivity contribution < 1.29 is 9.53 Å². The minimum absolute atomic E-state index is 0.0625. The average Bonchev–Trinajstić information content (AvgIpc) is 2.38. The van der Waals surface area contributed by atoms with Crippen LogP contribution in [0.15, 0.2) is 18.2 Å². The molecule has 0 radical (unpaired) electrons. The number of anilines is 1. The summed E-state index contributed by atoms with van der Waals surface area (Å²) in [4.78, 5) is 13.9. The lowest BCUT2D eigenvalue weighted by Crippen LogP contribution is -2.28. The highest BCUT2D eigenvalue weighted by Crippen LogP contribution is 2.25. The number of hydrogen-bond acceptors (Lipinski definition) is 4. The van der Waals surface area contributed by atoms with Crippen LogP contribution >= 0.6 is 11.8 Å². The first kappa shape index (κ1) is 14.7. The van der Waals surface area contributed by atoms with Gasteiger partial charge in [-0.2, -0.15) is 11.8 Å². The third-order valence-electron chi connectivity index (χ3n) is 2.71. The van der Waals surface area contributed by atoms with E-state index < -0.39 is 0 Å². The molecule has 0 atom stereocenters. The third-order valence-corrected chi connectivity index (χ3v) is 3.40. The molecule has 18 heavy (non-hydrogen) atoms. The van der Waals surface area contributed by atoms with Gasteiger partial charge in [-0.05, 0) is 30.6 Å². The number of thioether (sulfide) groups is 1. The Kier molecular flexibility index (Phi) is 5.85. The maximum atomic E-state index is 12.2. The molecule has 1 rings (SSSR count). The molecule has 0 bridgehead atoms. The zero-order chi connectivity index (χ0) is 13.5. The van der Waals surface area contributed by atoms with Crippen LogP contribution in [0.4, 0.5) is 5.69 Å². The molecule has 1 aromatic rings. The summed E-state index contributed by atoms with van der Waals surface area (Å²) in [6, 6.07) is 5.25. The summed E-state index contributed by atoms with van der Waals surface area (Å²) in [7, 11) is 3.34. The van der Waals surface area contributed by atoms with Gasteiger partial charge in [0.25, 0.3) is 5.91 Å². The predicted molar refractivity (Wildman–Crippen MR) is 77.4 cm³/mol. The van der Waals surface area contributed by atoms with Crippen LogP contribution in [0, 0.1) is 0 Å². The number of carbonyl (C=O) groups is 1. The van der Waals surface area contributed by atoms with Gasteiger partial charge in [-0.3, -0.25) is 4.79 Å². The van der Waals surface area contributed by atoms with Gasteiger partial charge in [0.2, 0.25) is 0 Å². The first-order valence-corrected chi connectivity index (χ1v) is 7.18. The summed E-state index contributed by atoms with van der Waals surface area (Å²) >= 11 is 1.78. The van der Waals surface area contributed by atoms with E-state index in [-0.39, 0.29) is 5.91 Å². The summed E-state index contributed by atoms with van der Waals surface area (Å²) in [5.41, 5.74) is 6.82. The predicted octanol–water partition coefficient (Wildman–Crippen LogP) is 2.10. The Morgan fingerprint density at radius 1 is 1.50 bits per heavy atom. The third kappa shape index (κ3) is 3.57. The molecule has 0 heterocycles. The largest absolute Gasteiger partial charge is 0.495 e. The fourth-order valence-corrected chi connectivity index (χ4v) is 2.08. The van der Waals surface area contributed by atoms with Gasteiger partial charge in [-0.15, -0.1) is 0 Å². The molecule has 0 aliphatic heterocycles. The number of hydrogen-bond donors (Lipinski definition) is 1. The number of ether oxygens (including phenoxy) is 1. The molecule has 0 unspecified atom stereocenters. The van der Waals surface area contributed by atoms with E-state index in [1.165, 1.54) is 0 Å². The molecule has 0 aliphatic rings. The van der Waals surface area contributed by atoms with Crippen LogP contribution in [0.2, 0.25) is 0 Å². The first-order valence-electron chi connectivity index (χ1n) is 5.78. The Hall–Kier alpha value is -1.36. The molecule has 0 fully saturated rings. The van der Waals surface area contributed by atoms with E-state index in [1.54, 1.807) is 49.0 Å². The standard InChI is InChI=1S/C13H20N2O2S/c1-15(8-5-9-18-3)13(16)10-6-4-7-11(17-2)12(10)14/h4,6-7H,5,8-9,14H2,1-3H3. The Balaban J connectivity index is 2.77. The van der Waals surface area contributed by atoms with Crippen molar-refractivity contribution in [3.05, 3.63) is 23.8 Å². The van der Waals surface area contributed by atoms with Crippen molar-refractivity contribution in [2.75, 3.05) is 38.4 Å². The Morgan fingerprint density at radius 2 is 2.22 bits per heavy atom. The van der Waals surface area contributed by atoms with E-state index in [9.17, 15) is 4.79 Å². The van der Waals surface area contributed by atoms with Crippen molar-refractivity contribution in [1.82, 2.24) is 4.90 Å². The second-order valence-corrected chi connectivity index (χ2v) is 4.98. The SMILES string of the molecule is COc1cccc(C(=O)N(C)CCCSC)c1N. The number of rotatable bonds is 6. The zero-order valence-electron chi connectivity index (χ0n) is 11.1. The van der Waals surface area contributed by atoms with Gasteiger partial charge in [0.05, 0.1) is 18.4 Å². The lowest BCUT2D eigenvalue weighted by Gasteiger charge is -2.18. The van der Waals surface area contributed by atoms with Crippen LogP contribution in [-0.2, 0) is 0 Å². The minimum Gasteiger partial charge on any atom is -0.495 e. The smallest absolute Gasteiger partial charge is 0.255 e. The lowest BCUT2D eigenvalue weighted by atomic mass is 10.1. The van der Waals surface area contributed by atoms with E-state index in [0.29, 0.717) is 17.0 Å². The molecule has 0 aliphatic carbocycles. The Labute approximate surface area is 112 Å². The van der Waals surface area contributed by atoms with Crippen molar-refractivity contribution in [1.29, 1.82) is 0 Å². The Morgan fingerprint density at radius 3 is 2.83 bits per heavy atom. The van der Waals surface area contributed by atoms with Crippen molar-refractivity contribution in [2.24, 2.45) is 0 Å². The van der Waals surface area contributed by atoms with Gasteiger partial charge in [0.15, 0.2) is 0 Å². The number of amides is 1. The molecule has 1 amide bonds. The maximum absolute atomic E-state index is 12.2. The monoisotopic (exact) mass is 268 g/mol. The maximum Gasteiger partial charge on any atom is 0.255 e. The molecule has 5 heteroatoms. The number of nitrogens with zero attached hydrogens (tertiary/aromatic N) is 1. The zero-order valence-corrected chi connectivity index (χ0v) is 11.9.